The highest BCUT2D eigenvalue weighted by atomic mass is 79.9. The van der Waals surface area contributed by atoms with Crippen molar-refractivity contribution in [2.45, 2.75) is 56.6 Å². The molecule has 1 aliphatic carbocycles. The van der Waals surface area contributed by atoms with Crippen molar-refractivity contribution in [3.8, 4) is 0 Å². The first-order valence-electron chi connectivity index (χ1n) is 7.02. The molecule has 0 N–H and O–H groups in total. The molecule has 102 valence electrons. The van der Waals surface area contributed by atoms with E-state index in [2.05, 4.69) is 42.8 Å². The molecule has 1 saturated carbocycles. The van der Waals surface area contributed by atoms with Crippen LogP contribution < -0.4 is 0 Å². The first-order chi connectivity index (χ1) is 8.43. The zero-order valence-corrected chi connectivity index (χ0v) is 13.1. The van der Waals surface area contributed by atoms with Gasteiger partial charge in [-0.15, -0.1) is 0 Å². The Morgan fingerprint density at radius 2 is 2.11 bits per heavy atom. The highest BCUT2D eigenvalue weighted by molar-refractivity contribution is 9.09. The van der Waals surface area contributed by atoms with Gasteiger partial charge in [-0.3, -0.25) is 0 Å². The summed E-state index contributed by atoms with van der Waals surface area (Å²) in [7, 11) is 0. The molecule has 0 aromatic carbocycles. The number of hydrogen-bond acceptors (Lipinski definition) is 2. The molecule has 0 unspecified atom stereocenters. The molecule has 2 nitrogen and oxygen atoms in total. The van der Waals surface area contributed by atoms with Crippen LogP contribution in [0.2, 0.25) is 0 Å². The Morgan fingerprint density at radius 1 is 1.33 bits per heavy atom. The van der Waals surface area contributed by atoms with E-state index in [9.17, 15) is 0 Å². The van der Waals surface area contributed by atoms with Crippen molar-refractivity contribution in [1.29, 1.82) is 0 Å². The summed E-state index contributed by atoms with van der Waals surface area (Å²) in [5.41, 5.74) is 1.65. The molecule has 1 saturated heterocycles. The number of allylic oxidation sites excluding steroid dienone is 1. The second kappa shape index (κ2) is 4.32. The van der Waals surface area contributed by atoms with Crippen LogP contribution in [0.25, 0.3) is 0 Å². The predicted octanol–water partition coefficient (Wildman–Crippen LogP) is 3.69. The van der Waals surface area contributed by atoms with E-state index in [4.69, 9.17) is 9.47 Å². The van der Waals surface area contributed by atoms with E-state index in [1.165, 1.54) is 12.0 Å². The van der Waals surface area contributed by atoms with Crippen molar-refractivity contribution in [3.63, 3.8) is 0 Å². The summed E-state index contributed by atoms with van der Waals surface area (Å²) < 4.78 is 12.0. The van der Waals surface area contributed by atoms with Gasteiger partial charge >= 0.3 is 0 Å². The quantitative estimate of drug-likeness (QED) is 0.501. The van der Waals surface area contributed by atoms with Crippen molar-refractivity contribution in [2.24, 2.45) is 11.3 Å². The van der Waals surface area contributed by atoms with E-state index < -0.39 is 0 Å². The minimum absolute atomic E-state index is 0.00435. The number of halogens is 1. The Kier molecular flexibility index (Phi) is 3.15. The second-order valence-electron chi connectivity index (χ2n) is 6.83. The Morgan fingerprint density at radius 3 is 2.89 bits per heavy atom. The van der Waals surface area contributed by atoms with Gasteiger partial charge in [0.15, 0.2) is 0 Å². The summed E-state index contributed by atoms with van der Waals surface area (Å²) >= 11 is 3.88. The molecule has 0 spiro atoms. The minimum atomic E-state index is 0.00435. The number of rotatable bonds is 0. The molecule has 3 heteroatoms. The maximum atomic E-state index is 6.50. The van der Waals surface area contributed by atoms with Gasteiger partial charge in [-0.05, 0) is 43.1 Å². The SMILES string of the molecule is CC1(C)[C@@H](Br)CC[C@]2(C)O[C@H]3COCC3=CC[C@@H]12. The van der Waals surface area contributed by atoms with Gasteiger partial charge in [0.1, 0.15) is 6.10 Å². The van der Waals surface area contributed by atoms with Crippen LogP contribution >= 0.6 is 15.9 Å². The van der Waals surface area contributed by atoms with E-state index in [0.717, 1.165) is 26.1 Å². The highest BCUT2D eigenvalue weighted by Crippen LogP contribution is 2.54. The van der Waals surface area contributed by atoms with Gasteiger partial charge in [-0.1, -0.05) is 35.9 Å². The van der Waals surface area contributed by atoms with Crippen LogP contribution in [-0.4, -0.2) is 29.7 Å². The van der Waals surface area contributed by atoms with E-state index in [1.807, 2.05) is 0 Å². The average molecular weight is 315 g/mol. The Bertz CT molecular complexity index is 377. The molecule has 3 aliphatic rings. The first-order valence-corrected chi connectivity index (χ1v) is 7.93. The third-order valence-corrected chi connectivity index (χ3v) is 6.95. The molecule has 0 bridgehead atoms. The standard InChI is InChI=1S/C15H23BrO2/c1-14(2)12-5-4-10-8-17-9-11(10)18-15(12,3)7-6-13(14)16/h4,11-13H,5-9H2,1-3H3/t11-,12-,13-,15-/m0/s1. The van der Waals surface area contributed by atoms with Crippen LogP contribution in [0.15, 0.2) is 11.6 Å². The summed E-state index contributed by atoms with van der Waals surface area (Å²) in [4.78, 5) is 0.597. The van der Waals surface area contributed by atoms with E-state index in [-0.39, 0.29) is 17.1 Å². The number of alkyl halides is 1. The lowest BCUT2D eigenvalue weighted by atomic mass is 9.60. The fourth-order valence-electron chi connectivity index (χ4n) is 4.04. The lowest BCUT2D eigenvalue weighted by Crippen LogP contribution is -2.53. The maximum Gasteiger partial charge on any atom is 0.105 e. The van der Waals surface area contributed by atoms with Crippen molar-refractivity contribution in [1.82, 2.24) is 0 Å². The minimum Gasteiger partial charge on any atom is -0.374 e. The zero-order chi connectivity index (χ0) is 13.0. The molecular weight excluding hydrogens is 292 g/mol. The summed E-state index contributed by atoms with van der Waals surface area (Å²) in [6, 6.07) is 0. The van der Waals surface area contributed by atoms with E-state index in [0.29, 0.717) is 10.7 Å². The van der Waals surface area contributed by atoms with Gasteiger partial charge in [0, 0.05) is 4.83 Å². The van der Waals surface area contributed by atoms with Crippen molar-refractivity contribution >= 4 is 15.9 Å². The molecule has 3 rings (SSSR count). The molecule has 2 heterocycles. The number of hydrogen-bond donors (Lipinski definition) is 0. The summed E-state index contributed by atoms with van der Waals surface area (Å²) in [5, 5.41) is 0. The zero-order valence-electron chi connectivity index (χ0n) is 11.5. The van der Waals surface area contributed by atoms with Crippen molar-refractivity contribution < 1.29 is 9.47 Å². The maximum absolute atomic E-state index is 6.50. The summed E-state index contributed by atoms with van der Waals surface area (Å²) in [5.74, 6) is 0.584. The lowest BCUT2D eigenvalue weighted by molar-refractivity contribution is -0.150. The first kappa shape index (κ1) is 13.1. The summed E-state index contributed by atoms with van der Waals surface area (Å²) in [6.07, 6.45) is 6.07. The van der Waals surface area contributed by atoms with Gasteiger partial charge < -0.3 is 9.47 Å². The van der Waals surface area contributed by atoms with Crippen LogP contribution in [-0.2, 0) is 9.47 Å². The average Bonchev–Trinajstić information content (AvgIpc) is 2.66. The van der Waals surface area contributed by atoms with Crippen LogP contribution in [0, 0.1) is 11.3 Å². The normalized spacial score (nSPS) is 46.9. The Balaban J connectivity index is 1.94. The van der Waals surface area contributed by atoms with Crippen LogP contribution in [0.3, 0.4) is 0 Å². The summed E-state index contributed by atoms with van der Waals surface area (Å²) in [6.45, 7) is 8.59. The molecule has 2 aliphatic heterocycles. The van der Waals surface area contributed by atoms with Gasteiger partial charge in [0.25, 0.3) is 0 Å². The predicted molar refractivity (Wildman–Crippen MR) is 76.0 cm³/mol. The molecule has 0 aromatic rings. The molecule has 0 amide bonds. The highest BCUT2D eigenvalue weighted by Gasteiger charge is 2.53. The third-order valence-electron chi connectivity index (χ3n) is 5.32. The van der Waals surface area contributed by atoms with Gasteiger partial charge in [0.2, 0.25) is 0 Å². The third kappa shape index (κ3) is 1.90. The molecule has 2 fully saturated rings. The number of ether oxygens (including phenoxy) is 2. The largest absolute Gasteiger partial charge is 0.374 e. The molecule has 0 radical (unpaired) electrons. The fraction of sp³-hybridized carbons (Fsp3) is 0.867. The molecule has 0 aromatic heterocycles. The topological polar surface area (TPSA) is 18.5 Å². The van der Waals surface area contributed by atoms with Crippen LogP contribution in [0.4, 0.5) is 0 Å². The fourth-order valence-corrected chi connectivity index (χ4v) is 4.58. The van der Waals surface area contributed by atoms with E-state index >= 15 is 0 Å². The second-order valence-corrected chi connectivity index (χ2v) is 7.93. The van der Waals surface area contributed by atoms with Crippen molar-refractivity contribution in [3.05, 3.63) is 11.6 Å². The Hall–Kier alpha value is 0.140. The van der Waals surface area contributed by atoms with Gasteiger partial charge in [0.05, 0.1) is 18.8 Å². The smallest absolute Gasteiger partial charge is 0.105 e. The van der Waals surface area contributed by atoms with Crippen LogP contribution in [0.5, 0.6) is 0 Å². The molecule has 4 atom stereocenters. The van der Waals surface area contributed by atoms with Crippen LogP contribution in [0.1, 0.15) is 40.0 Å². The molecule has 18 heavy (non-hydrogen) atoms. The van der Waals surface area contributed by atoms with Crippen molar-refractivity contribution in [2.75, 3.05) is 13.2 Å². The number of fused-ring (bicyclic) bond motifs is 2. The Labute approximate surface area is 118 Å². The van der Waals surface area contributed by atoms with Gasteiger partial charge in [-0.2, -0.15) is 0 Å². The monoisotopic (exact) mass is 314 g/mol. The van der Waals surface area contributed by atoms with Gasteiger partial charge in [-0.25, -0.2) is 0 Å². The molecular formula is C15H23BrO2. The van der Waals surface area contributed by atoms with E-state index in [1.54, 1.807) is 0 Å². The lowest BCUT2D eigenvalue weighted by Gasteiger charge is -2.52.